The molecule has 0 amide bonds. The van der Waals surface area contributed by atoms with Crippen LogP contribution in [0.5, 0.6) is 0 Å². The Morgan fingerprint density at radius 2 is 1.88 bits per heavy atom. The lowest BCUT2D eigenvalue weighted by molar-refractivity contribution is 0.0676. The van der Waals surface area contributed by atoms with E-state index in [9.17, 15) is 4.79 Å². The van der Waals surface area contributed by atoms with Crippen LogP contribution in [0, 0.1) is 0 Å². The lowest BCUT2D eigenvalue weighted by atomic mass is 10.1. The van der Waals surface area contributed by atoms with Gasteiger partial charge < -0.3 is 10.0 Å². The minimum absolute atomic E-state index is 0.0283. The van der Waals surface area contributed by atoms with Crippen LogP contribution < -0.4 is 4.90 Å². The lowest BCUT2D eigenvalue weighted by Gasteiger charge is -2.28. The average molecular weight is 238 g/mol. The Kier molecular flexibility index (Phi) is 3.31. The van der Waals surface area contributed by atoms with Crippen molar-refractivity contribution in [1.82, 2.24) is 14.8 Å². The van der Waals surface area contributed by atoms with Gasteiger partial charge >= 0.3 is 5.97 Å². The first kappa shape index (κ1) is 11.9. The molecule has 1 aliphatic heterocycles. The molecule has 0 radical (unpaired) electrons. The second-order valence-corrected chi connectivity index (χ2v) is 4.64. The topological polar surface area (TPSA) is 71.2 Å². The fourth-order valence-corrected chi connectivity index (χ4v) is 2.21. The first-order valence-corrected chi connectivity index (χ1v) is 6.04. The summed E-state index contributed by atoms with van der Waals surface area (Å²) in [7, 11) is 0. The summed E-state index contributed by atoms with van der Waals surface area (Å²) < 4.78 is 1.70. The smallest absolute Gasteiger partial charge is 0.374 e. The van der Waals surface area contributed by atoms with Gasteiger partial charge in [-0.05, 0) is 33.1 Å². The number of piperidine rings is 1. The molecule has 0 aromatic carbocycles. The highest BCUT2D eigenvalue weighted by atomic mass is 16.4. The van der Waals surface area contributed by atoms with Gasteiger partial charge in [-0.25, -0.2) is 4.79 Å². The second-order valence-electron chi connectivity index (χ2n) is 4.64. The predicted octanol–water partition coefficient (Wildman–Crippen LogP) is 1.55. The fraction of sp³-hybridized carbons (Fsp3) is 0.727. The first-order valence-electron chi connectivity index (χ1n) is 6.04. The molecule has 1 aliphatic rings. The van der Waals surface area contributed by atoms with Crippen LogP contribution in [-0.2, 0) is 0 Å². The Morgan fingerprint density at radius 1 is 1.24 bits per heavy atom. The largest absolute Gasteiger partial charge is 0.475 e. The van der Waals surface area contributed by atoms with E-state index in [0.29, 0.717) is 5.95 Å². The van der Waals surface area contributed by atoms with Gasteiger partial charge in [0.15, 0.2) is 0 Å². The zero-order valence-corrected chi connectivity index (χ0v) is 10.3. The summed E-state index contributed by atoms with van der Waals surface area (Å²) in [5.41, 5.74) is 0. The van der Waals surface area contributed by atoms with Gasteiger partial charge in [0.25, 0.3) is 0 Å². The maximum Gasteiger partial charge on any atom is 0.374 e. The number of anilines is 1. The first-order chi connectivity index (χ1) is 8.11. The minimum atomic E-state index is -1.02. The molecule has 0 bridgehead atoms. The van der Waals surface area contributed by atoms with Gasteiger partial charge in [-0.3, -0.25) is 4.57 Å². The van der Waals surface area contributed by atoms with Crippen molar-refractivity contribution in [2.45, 2.75) is 39.2 Å². The van der Waals surface area contributed by atoms with Crippen LogP contribution in [0.3, 0.4) is 0 Å². The van der Waals surface area contributed by atoms with E-state index in [2.05, 4.69) is 15.1 Å². The molecule has 1 aromatic rings. The van der Waals surface area contributed by atoms with E-state index in [1.165, 1.54) is 6.42 Å². The van der Waals surface area contributed by atoms with Crippen molar-refractivity contribution in [3.63, 3.8) is 0 Å². The molecule has 1 saturated heterocycles. The number of rotatable bonds is 3. The number of hydrogen-bond acceptors (Lipinski definition) is 4. The van der Waals surface area contributed by atoms with Crippen LogP contribution >= 0.6 is 0 Å². The molecule has 2 heterocycles. The molecule has 17 heavy (non-hydrogen) atoms. The van der Waals surface area contributed by atoms with Crippen LogP contribution in [0.15, 0.2) is 0 Å². The van der Waals surface area contributed by atoms with E-state index in [1.807, 2.05) is 13.8 Å². The summed E-state index contributed by atoms with van der Waals surface area (Å²) in [4.78, 5) is 13.2. The zero-order chi connectivity index (χ0) is 12.4. The maximum absolute atomic E-state index is 11.1. The highest BCUT2D eigenvalue weighted by Crippen LogP contribution is 2.22. The van der Waals surface area contributed by atoms with Crippen molar-refractivity contribution in [2.75, 3.05) is 18.0 Å². The van der Waals surface area contributed by atoms with Gasteiger partial charge in [-0.15, -0.1) is 10.2 Å². The molecule has 0 atom stereocenters. The molecule has 0 aliphatic carbocycles. The molecule has 0 spiro atoms. The zero-order valence-electron chi connectivity index (χ0n) is 10.3. The van der Waals surface area contributed by atoms with Gasteiger partial charge in [0.05, 0.1) is 0 Å². The van der Waals surface area contributed by atoms with E-state index >= 15 is 0 Å². The number of aromatic carboxylic acids is 1. The van der Waals surface area contributed by atoms with E-state index in [4.69, 9.17) is 5.11 Å². The van der Waals surface area contributed by atoms with E-state index in [0.717, 1.165) is 25.9 Å². The molecule has 0 saturated carbocycles. The van der Waals surface area contributed by atoms with Gasteiger partial charge in [0, 0.05) is 19.1 Å². The molecule has 6 heteroatoms. The third kappa shape index (κ3) is 2.25. The Morgan fingerprint density at radius 3 is 2.41 bits per heavy atom. The van der Waals surface area contributed by atoms with Crippen molar-refractivity contribution in [3.05, 3.63) is 5.82 Å². The summed E-state index contributed by atoms with van der Waals surface area (Å²) in [6.45, 7) is 5.77. The van der Waals surface area contributed by atoms with Crippen LogP contribution in [0.4, 0.5) is 5.95 Å². The summed E-state index contributed by atoms with van der Waals surface area (Å²) in [5.74, 6) is -0.299. The van der Waals surface area contributed by atoms with Crippen LogP contribution in [0.25, 0.3) is 0 Å². The number of carbonyl (C=O) groups is 1. The molecule has 1 N–H and O–H groups in total. The van der Waals surface area contributed by atoms with Crippen molar-refractivity contribution in [1.29, 1.82) is 0 Å². The summed E-state index contributed by atoms with van der Waals surface area (Å²) in [6, 6.07) is 0.0491. The summed E-state index contributed by atoms with van der Waals surface area (Å²) in [6.07, 6.45) is 3.50. The van der Waals surface area contributed by atoms with Crippen molar-refractivity contribution >= 4 is 11.9 Å². The molecular weight excluding hydrogens is 220 g/mol. The van der Waals surface area contributed by atoms with Crippen molar-refractivity contribution < 1.29 is 9.90 Å². The normalized spacial score (nSPS) is 16.5. The number of nitrogens with zero attached hydrogens (tertiary/aromatic N) is 4. The monoisotopic (exact) mass is 238 g/mol. The third-order valence-electron chi connectivity index (χ3n) is 3.02. The Labute approximate surface area is 100 Å². The van der Waals surface area contributed by atoms with E-state index < -0.39 is 5.97 Å². The lowest BCUT2D eigenvalue weighted by Crippen LogP contribution is -2.32. The molecule has 94 valence electrons. The summed E-state index contributed by atoms with van der Waals surface area (Å²) >= 11 is 0. The molecule has 2 rings (SSSR count). The third-order valence-corrected chi connectivity index (χ3v) is 3.02. The quantitative estimate of drug-likeness (QED) is 0.865. The molecule has 6 nitrogen and oxygen atoms in total. The van der Waals surface area contributed by atoms with E-state index in [-0.39, 0.29) is 11.9 Å². The van der Waals surface area contributed by atoms with Crippen molar-refractivity contribution in [2.24, 2.45) is 0 Å². The number of hydrogen-bond donors (Lipinski definition) is 1. The fourth-order valence-electron chi connectivity index (χ4n) is 2.21. The standard InChI is InChI=1S/C11H18N4O2/c1-8(2)15-9(10(16)17)12-13-11(15)14-6-4-3-5-7-14/h8H,3-7H2,1-2H3,(H,16,17). The number of carboxylic acids is 1. The SMILES string of the molecule is CC(C)n1c(C(=O)O)nnc1N1CCCCC1. The number of aromatic nitrogens is 3. The minimum Gasteiger partial charge on any atom is -0.475 e. The molecule has 0 unspecified atom stereocenters. The predicted molar refractivity (Wildman–Crippen MR) is 63.4 cm³/mol. The number of carboxylic acid groups (broad SMARTS) is 1. The van der Waals surface area contributed by atoms with Crippen molar-refractivity contribution in [3.8, 4) is 0 Å². The Hall–Kier alpha value is -1.59. The van der Waals surface area contributed by atoms with Gasteiger partial charge in [-0.1, -0.05) is 0 Å². The highest BCUT2D eigenvalue weighted by Gasteiger charge is 2.24. The van der Waals surface area contributed by atoms with Gasteiger partial charge in [0.1, 0.15) is 0 Å². The van der Waals surface area contributed by atoms with Crippen LogP contribution in [0.2, 0.25) is 0 Å². The van der Waals surface area contributed by atoms with Crippen LogP contribution in [-0.4, -0.2) is 38.9 Å². The Balaban J connectivity index is 2.35. The van der Waals surface area contributed by atoms with Gasteiger partial charge in [0.2, 0.25) is 11.8 Å². The molecule has 1 fully saturated rings. The second kappa shape index (κ2) is 4.73. The summed E-state index contributed by atoms with van der Waals surface area (Å²) in [5, 5.41) is 16.9. The van der Waals surface area contributed by atoms with Gasteiger partial charge in [-0.2, -0.15) is 0 Å². The molecular formula is C11H18N4O2. The maximum atomic E-state index is 11.1. The average Bonchev–Trinajstić information content (AvgIpc) is 2.74. The van der Waals surface area contributed by atoms with E-state index in [1.54, 1.807) is 4.57 Å². The van der Waals surface area contributed by atoms with Crippen LogP contribution in [0.1, 0.15) is 49.8 Å². The highest BCUT2D eigenvalue weighted by molar-refractivity contribution is 5.84. The molecule has 1 aromatic heterocycles. The Bertz CT molecular complexity index is 408.